The summed E-state index contributed by atoms with van der Waals surface area (Å²) in [5.41, 5.74) is 2.47. The first-order valence-corrected chi connectivity index (χ1v) is 6.33. The molecule has 2 rings (SSSR count). The van der Waals surface area contributed by atoms with Crippen molar-refractivity contribution in [3.05, 3.63) is 57.8 Å². The third kappa shape index (κ3) is 2.82. The van der Waals surface area contributed by atoms with Gasteiger partial charge in [-0.3, -0.25) is 0 Å². The Balaban J connectivity index is 2.16. The smallest absolute Gasteiger partial charge is 0.137 e. The molecule has 4 heteroatoms. The first kappa shape index (κ1) is 12.9. The van der Waals surface area contributed by atoms with E-state index in [4.69, 9.17) is 0 Å². The lowest BCUT2D eigenvalue weighted by molar-refractivity contribution is 0.469. The molecule has 0 atom stereocenters. The fourth-order valence-electron chi connectivity index (χ4n) is 1.69. The summed E-state index contributed by atoms with van der Waals surface area (Å²) in [4.78, 5) is 0. The van der Waals surface area contributed by atoms with Gasteiger partial charge in [-0.25, -0.2) is 4.39 Å². The molecule has 0 saturated heterocycles. The van der Waals surface area contributed by atoms with Gasteiger partial charge in [0.05, 0.1) is 4.47 Å². The molecule has 0 spiro atoms. The van der Waals surface area contributed by atoms with Gasteiger partial charge in [-0.2, -0.15) is 0 Å². The first-order valence-electron chi connectivity index (χ1n) is 5.54. The van der Waals surface area contributed by atoms with Crippen LogP contribution in [0.15, 0.2) is 40.9 Å². The second-order valence-electron chi connectivity index (χ2n) is 4.06. The number of rotatable bonds is 3. The number of anilines is 1. The zero-order valence-corrected chi connectivity index (χ0v) is 11.5. The summed E-state index contributed by atoms with van der Waals surface area (Å²) >= 11 is 3.16. The van der Waals surface area contributed by atoms with E-state index >= 15 is 0 Å². The third-order valence-corrected chi connectivity index (χ3v) is 3.34. The normalized spacial score (nSPS) is 10.4. The maximum Gasteiger partial charge on any atom is 0.137 e. The van der Waals surface area contributed by atoms with E-state index in [1.54, 1.807) is 18.2 Å². The van der Waals surface area contributed by atoms with Crippen LogP contribution in [0.25, 0.3) is 0 Å². The molecule has 0 saturated carbocycles. The van der Waals surface area contributed by atoms with E-state index in [1.165, 1.54) is 6.07 Å². The molecule has 94 valence electrons. The number of hydrogen-bond donors (Lipinski definition) is 2. The van der Waals surface area contributed by atoms with Gasteiger partial charge in [-0.15, -0.1) is 0 Å². The molecule has 2 nitrogen and oxygen atoms in total. The molecule has 0 fully saturated rings. The fourth-order valence-corrected chi connectivity index (χ4v) is 2.03. The van der Waals surface area contributed by atoms with E-state index in [-0.39, 0.29) is 11.6 Å². The van der Waals surface area contributed by atoms with E-state index in [0.717, 1.165) is 16.8 Å². The van der Waals surface area contributed by atoms with Crippen molar-refractivity contribution in [2.45, 2.75) is 13.5 Å². The zero-order chi connectivity index (χ0) is 13.1. The highest BCUT2D eigenvalue weighted by atomic mass is 79.9. The summed E-state index contributed by atoms with van der Waals surface area (Å²) in [7, 11) is 0. The average molecular weight is 310 g/mol. The van der Waals surface area contributed by atoms with Gasteiger partial charge < -0.3 is 10.4 Å². The van der Waals surface area contributed by atoms with E-state index in [2.05, 4.69) is 21.2 Å². The van der Waals surface area contributed by atoms with Gasteiger partial charge in [-0.05, 0) is 46.6 Å². The van der Waals surface area contributed by atoms with Gasteiger partial charge in [0.25, 0.3) is 0 Å². The average Bonchev–Trinajstić information content (AvgIpc) is 2.34. The van der Waals surface area contributed by atoms with Crippen LogP contribution >= 0.6 is 15.9 Å². The van der Waals surface area contributed by atoms with Gasteiger partial charge in [0.2, 0.25) is 0 Å². The van der Waals surface area contributed by atoms with Gasteiger partial charge in [-0.1, -0.05) is 18.2 Å². The lowest BCUT2D eigenvalue weighted by atomic mass is 10.1. The zero-order valence-electron chi connectivity index (χ0n) is 9.87. The molecule has 0 aliphatic heterocycles. The van der Waals surface area contributed by atoms with Gasteiger partial charge in [0.15, 0.2) is 0 Å². The van der Waals surface area contributed by atoms with Crippen molar-refractivity contribution in [1.29, 1.82) is 0 Å². The van der Waals surface area contributed by atoms with Crippen LogP contribution in [-0.2, 0) is 6.54 Å². The Morgan fingerprint density at radius 1 is 1.28 bits per heavy atom. The summed E-state index contributed by atoms with van der Waals surface area (Å²) in [5.74, 6) is -0.0237. The monoisotopic (exact) mass is 309 g/mol. The molecule has 0 radical (unpaired) electrons. The Hall–Kier alpha value is -1.55. The quantitative estimate of drug-likeness (QED) is 0.890. The van der Waals surface area contributed by atoms with Crippen molar-refractivity contribution in [3.8, 4) is 5.75 Å². The molecule has 2 aromatic rings. The largest absolute Gasteiger partial charge is 0.508 e. The minimum atomic E-state index is -0.277. The number of aryl methyl sites for hydroxylation is 1. The van der Waals surface area contributed by atoms with Gasteiger partial charge in [0, 0.05) is 17.8 Å². The Morgan fingerprint density at radius 2 is 2.00 bits per heavy atom. The second kappa shape index (κ2) is 5.40. The highest BCUT2D eigenvalue weighted by molar-refractivity contribution is 9.10. The van der Waals surface area contributed by atoms with Crippen molar-refractivity contribution in [3.63, 3.8) is 0 Å². The number of phenols is 1. The summed E-state index contributed by atoms with van der Waals surface area (Å²) in [6.45, 7) is 2.33. The molecule has 18 heavy (non-hydrogen) atoms. The van der Waals surface area contributed by atoms with E-state index in [0.29, 0.717) is 11.0 Å². The van der Waals surface area contributed by atoms with E-state index < -0.39 is 0 Å². The van der Waals surface area contributed by atoms with Crippen LogP contribution in [0.4, 0.5) is 10.1 Å². The number of phenolic OH excluding ortho intramolecular Hbond substituents is 1. The predicted molar refractivity (Wildman–Crippen MR) is 74.3 cm³/mol. The highest BCUT2D eigenvalue weighted by Gasteiger charge is 2.06. The van der Waals surface area contributed by atoms with Crippen LogP contribution < -0.4 is 5.32 Å². The summed E-state index contributed by atoms with van der Waals surface area (Å²) in [6, 6.07) is 10.3. The number of hydrogen-bond acceptors (Lipinski definition) is 2. The minimum absolute atomic E-state index is 0.254. The van der Waals surface area contributed by atoms with Crippen LogP contribution in [0.5, 0.6) is 5.75 Å². The molecule has 0 bridgehead atoms. The highest BCUT2D eigenvalue weighted by Crippen LogP contribution is 2.25. The minimum Gasteiger partial charge on any atom is -0.508 e. The SMILES string of the molecule is Cc1cc(F)c(Br)cc1NCc1ccccc1O. The van der Waals surface area contributed by atoms with Crippen molar-refractivity contribution < 1.29 is 9.50 Å². The molecular formula is C14H13BrFNO. The Labute approximate surface area is 114 Å². The second-order valence-corrected chi connectivity index (χ2v) is 4.92. The fraction of sp³-hybridized carbons (Fsp3) is 0.143. The van der Waals surface area contributed by atoms with Crippen LogP contribution in [0, 0.1) is 12.7 Å². The molecule has 0 aliphatic rings. The van der Waals surface area contributed by atoms with Gasteiger partial charge in [0.1, 0.15) is 11.6 Å². The van der Waals surface area contributed by atoms with Crippen molar-refractivity contribution in [2.24, 2.45) is 0 Å². The van der Waals surface area contributed by atoms with Crippen LogP contribution in [0.3, 0.4) is 0 Å². The Morgan fingerprint density at radius 3 is 2.72 bits per heavy atom. The van der Waals surface area contributed by atoms with Crippen molar-refractivity contribution in [2.75, 3.05) is 5.32 Å². The van der Waals surface area contributed by atoms with E-state index in [1.807, 2.05) is 19.1 Å². The third-order valence-electron chi connectivity index (χ3n) is 2.73. The number of para-hydroxylation sites is 1. The van der Waals surface area contributed by atoms with Crippen LogP contribution in [0.1, 0.15) is 11.1 Å². The number of aromatic hydroxyl groups is 1. The molecular weight excluding hydrogens is 297 g/mol. The Bertz CT molecular complexity index is 572. The summed E-state index contributed by atoms with van der Waals surface area (Å²) in [6.07, 6.45) is 0. The predicted octanol–water partition coefficient (Wildman–Crippen LogP) is 4.21. The number of halogens is 2. The molecule has 0 aromatic heterocycles. The molecule has 0 unspecified atom stereocenters. The molecule has 0 amide bonds. The number of nitrogens with one attached hydrogen (secondary N) is 1. The summed E-state index contributed by atoms with van der Waals surface area (Å²) in [5, 5.41) is 12.8. The van der Waals surface area contributed by atoms with Crippen molar-refractivity contribution in [1.82, 2.24) is 0 Å². The molecule has 0 aliphatic carbocycles. The molecule has 0 heterocycles. The maximum atomic E-state index is 13.3. The maximum absolute atomic E-state index is 13.3. The standard InChI is InChI=1S/C14H13BrFNO/c1-9-6-12(16)11(15)7-13(9)17-8-10-4-2-3-5-14(10)18/h2-7,17-18H,8H2,1H3. The molecule has 2 aromatic carbocycles. The van der Waals surface area contributed by atoms with Crippen LogP contribution in [0.2, 0.25) is 0 Å². The lowest BCUT2D eigenvalue weighted by Gasteiger charge is -2.11. The Kier molecular flexibility index (Phi) is 3.87. The van der Waals surface area contributed by atoms with Gasteiger partial charge >= 0.3 is 0 Å². The first-order chi connectivity index (χ1) is 8.58. The summed E-state index contributed by atoms with van der Waals surface area (Å²) < 4.78 is 13.7. The van der Waals surface area contributed by atoms with Crippen molar-refractivity contribution >= 4 is 21.6 Å². The topological polar surface area (TPSA) is 32.3 Å². The number of benzene rings is 2. The lowest BCUT2D eigenvalue weighted by Crippen LogP contribution is -2.01. The van der Waals surface area contributed by atoms with Crippen LogP contribution in [-0.4, -0.2) is 5.11 Å². The molecule has 2 N–H and O–H groups in total. The van der Waals surface area contributed by atoms with E-state index in [9.17, 15) is 9.50 Å².